The van der Waals surface area contributed by atoms with Crippen LogP contribution >= 0.6 is 11.3 Å². The number of hydrogen-bond acceptors (Lipinski definition) is 4. The summed E-state index contributed by atoms with van der Waals surface area (Å²) < 4.78 is 7.89. The van der Waals surface area contributed by atoms with E-state index >= 15 is 0 Å². The number of aromatic amines is 1. The van der Waals surface area contributed by atoms with Crippen LogP contribution in [0, 0.1) is 0 Å². The molecule has 0 fully saturated rings. The molecule has 0 saturated carbocycles. The van der Waals surface area contributed by atoms with E-state index in [4.69, 9.17) is 4.74 Å². The molecule has 27 heavy (non-hydrogen) atoms. The van der Waals surface area contributed by atoms with Gasteiger partial charge in [-0.2, -0.15) is 0 Å². The van der Waals surface area contributed by atoms with Crippen molar-refractivity contribution in [2.75, 3.05) is 7.11 Å². The maximum absolute atomic E-state index is 11.9. The number of carbonyl (C=O) groups is 1. The summed E-state index contributed by atoms with van der Waals surface area (Å²) in [5.74, 6) is -0.304. The number of thiophene rings is 1. The van der Waals surface area contributed by atoms with Crippen molar-refractivity contribution in [3.63, 3.8) is 0 Å². The Morgan fingerprint density at radius 1 is 1.33 bits per heavy atom. The summed E-state index contributed by atoms with van der Waals surface area (Å²) in [6.45, 7) is 2.11. The van der Waals surface area contributed by atoms with Crippen LogP contribution in [0.5, 0.6) is 0 Å². The van der Waals surface area contributed by atoms with Gasteiger partial charge in [0.15, 0.2) is 0 Å². The summed E-state index contributed by atoms with van der Waals surface area (Å²) in [6, 6.07) is 10.2. The highest BCUT2D eigenvalue weighted by molar-refractivity contribution is 7.21. The van der Waals surface area contributed by atoms with Crippen LogP contribution in [0.1, 0.15) is 28.6 Å². The normalized spacial score (nSPS) is 11.5. The molecule has 4 aromatic rings. The number of esters is 1. The molecule has 0 unspecified atom stereocenters. The number of imidazole rings is 1. The highest BCUT2D eigenvalue weighted by atomic mass is 32.1. The number of ether oxygens (including phenoxy) is 1. The van der Waals surface area contributed by atoms with Crippen LogP contribution in [0.4, 0.5) is 0 Å². The summed E-state index contributed by atoms with van der Waals surface area (Å²) in [7, 11) is 1.40. The summed E-state index contributed by atoms with van der Waals surface area (Å²) in [4.78, 5) is 20.0. The van der Waals surface area contributed by atoms with Crippen LogP contribution in [-0.2, 0) is 4.74 Å². The fraction of sp³-hybridized carbons (Fsp3) is 0.143. The van der Waals surface area contributed by atoms with E-state index in [0.29, 0.717) is 4.88 Å². The van der Waals surface area contributed by atoms with Crippen molar-refractivity contribution < 1.29 is 9.53 Å². The van der Waals surface area contributed by atoms with Gasteiger partial charge in [-0.15, -0.1) is 11.3 Å². The molecule has 0 bridgehead atoms. The maximum Gasteiger partial charge on any atom is 0.348 e. The molecule has 0 radical (unpaired) electrons. The van der Waals surface area contributed by atoms with E-state index in [1.54, 1.807) is 12.5 Å². The Bertz CT molecular complexity index is 1100. The lowest BCUT2D eigenvalue weighted by atomic mass is 10.1. The molecule has 4 rings (SSSR count). The van der Waals surface area contributed by atoms with Gasteiger partial charge < -0.3 is 14.3 Å². The SMILES string of the molecule is CC/C=C/c1c(-c2ccc(-n3ccnc3)cc2)[nH]c2cc(C(=O)OC)sc12. The van der Waals surface area contributed by atoms with Crippen molar-refractivity contribution in [2.45, 2.75) is 13.3 Å². The van der Waals surface area contributed by atoms with Gasteiger partial charge in [-0.1, -0.05) is 31.2 Å². The lowest BCUT2D eigenvalue weighted by molar-refractivity contribution is 0.0606. The average molecular weight is 377 g/mol. The Labute approximate surface area is 160 Å². The minimum Gasteiger partial charge on any atom is -0.465 e. The second-order valence-corrected chi connectivity index (χ2v) is 7.14. The zero-order chi connectivity index (χ0) is 18.8. The Morgan fingerprint density at radius 3 is 2.81 bits per heavy atom. The van der Waals surface area contributed by atoms with Crippen LogP contribution < -0.4 is 0 Å². The van der Waals surface area contributed by atoms with Crippen molar-refractivity contribution in [1.29, 1.82) is 0 Å². The molecule has 0 aliphatic rings. The van der Waals surface area contributed by atoms with E-state index in [2.05, 4.69) is 53.3 Å². The molecular formula is C21H19N3O2S. The number of methoxy groups -OCH3 is 1. The first kappa shape index (κ1) is 17.3. The number of carbonyl (C=O) groups excluding carboxylic acids is 1. The second kappa shape index (κ2) is 7.25. The Morgan fingerprint density at radius 2 is 2.15 bits per heavy atom. The molecule has 136 valence electrons. The topological polar surface area (TPSA) is 59.9 Å². The monoisotopic (exact) mass is 377 g/mol. The first-order valence-corrected chi connectivity index (χ1v) is 9.52. The minimum atomic E-state index is -0.304. The average Bonchev–Trinajstić information content (AvgIpc) is 3.42. The predicted molar refractivity (Wildman–Crippen MR) is 109 cm³/mol. The van der Waals surface area contributed by atoms with Crippen LogP contribution in [0.15, 0.2) is 55.1 Å². The van der Waals surface area contributed by atoms with Gasteiger partial charge in [-0.3, -0.25) is 0 Å². The second-order valence-electron chi connectivity index (χ2n) is 6.09. The summed E-state index contributed by atoms with van der Waals surface area (Å²) >= 11 is 1.45. The molecule has 3 heterocycles. The van der Waals surface area contributed by atoms with Gasteiger partial charge in [0.2, 0.25) is 0 Å². The van der Waals surface area contributed by atoms with Crippen molar-refractivity contribution in [3.8, 4) is 16.9 Å². The molecule has 1 N–H and O–H groups in total. The van der Waals surface area contributed by atoms with Crippen molar-refractivity contribution in [1.82, 2.24) is 14.5 Å². The van der Waals surface area contributed by atoms with Crippen LogP contribution in [-0.4, -0.2) is 27.6 Å². The first-order valence-electron chi connectivity index (χ1n) is 8.70. The van der Waals surface area contributed by atoms with Crippen LogP contribution in [0.25, 0.3) is 33.2 Å². The molecule has 5 nitrogen and oxygen atoms in total. The molecule has 0 atom stereocenters. The third-order valence-corrected chi connectivity index (χ3v) is 5.52. The lowest BCUT2D eigenvalue weighted by Gasteiger charge is -2.05. The molecule has 0 amide bonds. The van der Waals surface area contributed by atoms with Gasteiger partial charge in [-0.05, 0) is 30.2 Å². The molecule has 6 heteroatoms. The van der Waals surface area contributed by atoms with Crippen LogP contribution in [0.3, 0.4) is 0 Å². The molecule has 0 aliphatic carbocycles. The Kier molecular flexibility index (Phi) is 4.64. The van der Waals surface area contributed by atoms with Crippen molar-refractivity contribution >= 4 is 33.6 Å². The third-order valence-electron chi connectivity index (χ3n) is 4.37. The lowest BCUT2D eigenvalue weighted by Crippen LogP contribution is -1.96. The number of rotatable bonds is 5. The number of allylic oxidation sites excluding steroid dienone is 1. The molecule has 0 spiro atoms. The first-order chi connectivity index (χ1) is 13.2. The Balaban J connectivity index is 1.79. The van der Waals surface area contributed by atoms with E-state index in [1.807, 2.05) is 16.8 Å². The number of H-pyrrole nitrogens is 1. The quantitative estimate of drug-likeness (QED) is 0.481. The zero-order valence-corrected chi connectivity index (χ0v) is 15.9. The van der Waals surface area contributed by atoms with Gasteiger partial charge in [0, 0.05) is 23.6 Å². The Hall–Kier alpha value is -3.12. The summed E-state index contributed by atoms with van der Waals surface area (Å²) in [5.41, 5.74) is 5.25. The largest absolute Gasteiger partial charge is 0.465 e. The van der Waals surface area contributed by atoms with Crippen LogP contribution in [0.2, 0.25) is 0 Å². The maximum atomic E-state index is 11.9. The highest BCUT2D eigenvalue weighted by Gasteiger charge is 2.17. The van der Waals surface area contributed by atoms with Crippen molar-refractivity contribution in [3.05, 3.63) is 65.6 Å². The summed E-state index contributed by atoms with van der Waals surface area (Å²) in [5, 5.41) is 0. The van der Waals surface area contributed by atoms with Gasteiger partial charge in [-0.25, -0.2) is 9.78 Å². The van der Waals surface area contributed by atoms with E-state index in [0.717, 1.165) is 39.1 Å². The molecule has 0 aliphatic heterocycles. The predicted octanol–water partition coefficient (Wildman–Crippen LogP) is 5.29. The van der Waals surface area contributed by atoms with Gasteiger partial charge in [0.05, 0.1) is 29.3 Å². The highest BCUT2D eigenvalue weighted by Crippen LogP contribution is 2.37. The van der Waals surface area contributed by atoms with Gasteiger partial charge in [0.25, 0.3) is 0 Å². The fourth-order valence-electron chi connectivity index (χ4n) is 3.04. The fourth-order valence-corrected chi connectivity index (χ4v) is 4.10. The van der Waals surface area contributed by atoms with E-state index in [1.165, 1.54) is 18.4 Å². The number of hydrogen-bond donors (Lipinski definition) is 1. The van der Waals surface area contributed by atoms with E-state index < -0.39 is 0 Å². The van der Waals surface area contributed by atoms with E-state index in [-0.39, 0.29) is 5.97 Å². The van der Waals surface area contributed by atoms with E-state index in [9.17, 15) is 4.79 Å². The number of fused-ring (bicyclic) bond motifs is 1. The zero-order valence-electron chi connectivity index (χ0n) is 15.1. The smallest absolute Gasteiger partial charge is 0.348 e. The summed E-state index contributed by atoms with van der Waals surface area (Å²) in [6.07, 6.45) is 10.7. The minimum absolute atomic E-state index is 0.304. The number of nitrogens with zero attached hydrogens (tertiary/aromatic N) is 2. The van der Waals surface area contributed by atoms with Gasteiger partial charge in [0.1, 0.15) is 4.88 Å². The molecular weight excluding hydrogens is 358 g/mol. The molecule has 3 aromatic heterocycles. The number of nitrogens with one attached hydrogen (secondary N) is 1. The number of aromatic nitrogens is 3. The van der Waals surface area contributed by atoms with Crippen molar-refractivity contribution in [2.24, 2.45) is 0 Å². The third kappa shape index (κ3) is 3.19. The standard InChI is InChI=1S/C21H19N3O2S/c1-3-4-5-16-19(23-17-12-18(21(25)26-2)27-20(16)17)14-6-8-15(9-7-14)24-11-10-22-13-24/h4-13,23H,3H2,1-2H3/b5-4+. The number of benzene rings is 1. The molecule has 1 aromatic carbocycles. The molecule has 0 saturated heterocycles. The van der Waals surface area contributed by atoms with Gasteiger partial charge >= 0.3 is 5.97 Å².